The van der Waals surface area contributed by atoms with Crippen LogP contribution in [0.25, 0.3) is 0 Å². The van der Waals surface area contributed by atoms with Gasteiger partial charge in [0.25, 0.3) is 5.91 Å². The lowest BCUT2D eigenvalue weighted by atomic mass is 10.2. The third-order valence-corrected chi connectivity index (χ3v) is 3.35. The number of amides is 1. The fraction of sp³-hybridized carbons (Fsp3) is 0.0667. The summed E-state index contributed by atoms with van der Waals surface area (Å²) in [5.74, 6) is -0.749. The molecule has 0 aliphatic rings. The molecule has 2 rings (SSSR count). The van der Waals surface area contributed by atoms with E-state index in [-0.39, 0.29) is 11.7 Å². The second-order valence-corrected chi connectivity index (χ2v) is 4.86. The van der Waals surface area contributed by atoms with Crippen LogP contribution in [0.3, 0.4) is 0 Å². The van der Waals surface area contributed by atoms with Crippen molar-refractivity contribution in [3.63, 3.8) is 0 Å². The van der Waals surface area contributed by atoms with Crippen molar-refractivity contribution in [3.05, 3.63) is 65.5 Å². The first-order valence-corrected chi connectivity index (χ1v) is 7.14. The van der Waals surface area contributed by atoms with Crippen LogP contribution in [0.5, 0.6) is 0 Å². The molecule has 2 aromatic carbocycles. The number of hydrogen-bond donors (Lipinski definition) is 1. The van der Waals surface area contributed by atoms with Crippen molar-refractivity contribution >= 4 is 23.9 Å². The molecule has 2 aromatic rings. The predicted octanol–water partition coefficient (Wildman–Crippen LogP) is 3.31. The molecule has 5 heteroatoms. The van der Waals surface area contributed by atoms with Gasteiger partial charge in [0.15, 0.2) is 0 Å². The Morgan fingerprint density at radius 3 is 2.40 bits per heavy atom. The Balaban J connectivity index is 1.95. The van der Waals surface area contributed by atoms with E-state index >= 15 is 0 Å². The van der Waals surface area contributed by atoms with Gasteiger partial charge in [-0.3, -0.25) is 4.79 Å². The number of hydrogen-bond acceptors (Lipinski definition) is 3. The molecule has 1 amide bonds. The van der Waals surface area contributed by atoms with Crippen molar-refractivity contribution in [2.24, 2.45) is 5.10 Å². The highest BCUT2D eigenvalue weighted by atomic mass is 32.2. The molecule has 0 bridgehead atoms. The maximum absolute atomic E-state index is 12.7. The van der Waals surface area contributed by atoms with E-state index < -0.39 is 0 Å². The third-order valence-electron chi connectivity index (χ3n) is 2.60. The first-order valence-electron chi connectivity index (χ1n) is 5.92. The predicted molar refractivity (Wildman–Crippen MR) is 79.7 cm³/mol. The molecular formula is C15H13FN2OS. The van der Waals surface area contributed by atoms with Gasteiger partial charge in [0.05, 0.1) is 6.21 Å². The van der Waals surface area contributed by atoms with Crippen LogP contribution in [0.2, 0.25) is 0 Å². The van der Waals surface area contributed by atoms with Gasteiger partial charge in [0.1, 0.15) is 5.82 Å². The fourth-order valence-electron chi connectivity index (χ4n) is 1.52. The molecule has 0 spiro atoms. The van der Waals surface area contributed by atoms with E-state index in [1.54, 1.807) is 18.0 Å². The highest BCUT2D eigenvalue weighted by Crippen LogP contribution is 2.13. The van der Waals surface area contributed by atoms with E-state index in [4.69, 9.17) is 0 Å². The second kappa shape index (κ2) is 6.86. The average Bonchev–Trinajstić information content (AvgIpc) is 2.48. The molecule has 0 aromatic heterocycles. The quantitative estimate of drug-likeness (QED) is 0.533. The van der Waals surface area contributed by atoms with Crippen LogP contribution < -0.4 is 5.43 Å². The molecule has 20 heavy (non-hydrogen) atoms. The Morgan fingerprint density at radius 1 is 1.15 bits per heavy atom. The monoisotopic (exact) mass is 288 g/mol. The van der Waals surface area contributed by atoms with E-state index in [1.807, 2.05) is 30.5 Å². The van der Waals surface area contributed by atoms with Crippen LogP contribution in [0.15, 0.2) is 58.5 Å². The normalized spacial score (nSPS) is 10.7. The van der Waals surface area contributed by atoms with Gasteiger partial charge in [-0.1, -0.05) is 12.1 Å². The zero-order chi connectivity index (χ0) is 14.4. The molecule has 0 heterocycles. The molecule has 0 aliphatic carbocycles. The Labute approximate surface area is 120 Å². The summed E-state index contributed by atoms with van der Waals surface area (Å²) in [5, 5.41) is 3.87. The summed E-state index contributed by atoms with van der Waals surface area (Å²) in [4.78, 5) is 12.9. The molecule has 102 valence electrons. The molecular weight excluding hydrogens is 275 g/mol. The first kappa shape index (κ1) is 14.3. The lowest BCUT2D eigenvalue weighted by molar-refractivity contribution is 0.0955. The van der Waals surface area contributed by atoms with E-state index in [1.165, 1.54) is 24.3 Å². The SMILES string of the molecule is CSc1ccc(C=NNC(=O)c2ccc(F)cc2)cc1. The minimum atomic E-state index is -0.376. The zero-order valence-electron chi connectivity index (χ0n) is 10.8. The molecule has 0 fully saturated rings. The van der Waals surface area contributed by atoms with Gasteiger partial charge in [0.2, 0.25) is 0 Å². The topological polar surface area (TPSA) is 41.5 Å². The van der Waals surface area contributed by atoms with Gasteiger partial charge in [-0.05, 0) is 48.2 Å². The lowest BCUT2D eigenvalue weighted by Crippen LogP contribution is -2.17. The molecule has 0 radical (unpaired) electrons. The zero-order valence-corrected chi connectivity index (χ0v) is 11.7. The van der Waals surface area contributed by atoms with Crippen molar-refractivity contribution in [1.29, 1.82) is 0 Å². The number of nitrogens with one attached hydrogen (secondary N) is 1. The van der Waals surface area contributed by atoms with Crippen molar-refractivity contribution in [3.8, 4) is 0 Å². The Hall–Kier alpha value is -2.14. The highest BCUT2D eigenvalue weighted by Gasteiger charge is 2.03. The summed E-state index contributed by atoms with van der Waals surface area (Å²) in [6.45, 7) is 0. The highest BCUT2D eigenvalue weighted by molar-refractivity contribution is 7.98. The Kier molecular flexibility index (Phi) is 4.90. The molecule has 3 nitrogen and oxygen atoms in total. The number of nitrogens with zero attached hydrogens (tertiary/aromatic N) is 1. The van der Waals surface area contributed by atoms with Crippen LogP contribution in [0, 0.1) is 5.82 Å². The first-order chi connectivity index (χ1) is 9.69. The minimum Gasteiger partial charge on any atom is -0.267 e. The maximum atomic E-state index is 12.7. The van der Waals surface area contributed by atoms with Gasteiger partial charge >= 0.3 is 0 Å². The van der Waals surface area contributed by atoms with Gasteiger partial charge in [0, 0.05) is 10.5 Å². The van der Waals surface area contributed by atoms with Crippen LogP contribution in [0.4, 0.5) is 4.39 Å². The van der Waals surface area contributed by atoms with Crippen molar-refractivity contribution < 1.29 is 9.18 Å². The molecule has 0 saturated heterocycles. The number of hydrazone groups is 1. The van der Waals surface area contributed by atoms with E-state index in [0.29, 0.717) is 5.56 Å². The average molecular weight is 288 g/mol. The van der Waals surface area contributed by atoms with E-state index in [0.717, 1.165) is 10.5 Å². The van der Waals surface area contributed by atoms with Crippen LogP contribution in [0.1, 0.15) is 15.9 Å². The lowest BCUT2D eigenvalue weighted by Gasteiger charge is -2.00. The Morgan fingerprint density at radius 2 is 1.80 bits per heavy atom. The Bertz CT molecular complexity index is 609. The van der Waals surface area contributed by atoms with E-state index in [2.05, 4.69) is 10.5 Å². The van der Waals surface area contributed by atoms with Crippen LogP contribution in [-0.2, 0) is 0 Å². The van der Waals surface area contributed by atoms with Crippen LogP contribution in [-0.4, -0.2) is 18.4 Å². The summed E-state index contributed by atoms with van der Waals surface area (Å²) in [7, 11) is 0. The second-order valence-electron chi connectivity index (χ2n) is 3.98. The summed E-state index contributed by atoms with van der Waals surface area (Å²) in [5.41, 5.74) is 3.65. The third kappa shape index (κ3) is 3.93. The van der Waals surface area contributed by atoms with Gasteiger partial charge in [-0.2, -0.15) is 5.10 Å². The summed E-state index contributed by atoms with van der Waals surface area (Å²) in [6, 6.07) is 13.1. The summed E-state index contributed by atoms with van der Waals surface area (Å²) in [6.07, 6.45) is 3.57. The van der Waals surface area contributed by atoms with Gasteiger partial charge < -0.3 is 0 Å². The number of rotatable bonds is 4. The fourth-order valence-corrected chi connectivity index (χ4v) is 1.93. The van der Waals surface area contributed by atoms with E-state index in [9.17, 15) is 9.18 Å². The number of thioether (sulfide) groups is 1. The molecule has 0 atom stereocenters. The van der Waals surface area contributed by atoms with Gasteiger partial charge in [-0.15, -0.1) is 11.8 Å². The summed E-state index contributed by atoms with van der Waals surface area (Å²) < 4.78 is 12.7. The van der Waals surface area contributed by atoms with Crippen molar-refractivity contribution in [1.82, 2.24) is 5.43 Å². The van der Waals surface area contributed by atoms with Crippen molar-refractivity contribution in [2.45, 2.75) is 4.90 Å². The standard InChI is InChI=1S/C15H13FN2OS/c1-20-14-8-2-11(3-9-14)10-17-18-15(19)12-4-6-13(16)7-5-12/h2-10H,1H3,(H,18,19). The van der Waals surface area contributed by atoms with Gasteiger partial charge in [-0.25, -0.2) is 9.82 Å². The number of carbonyl (C=O) groups is 1. The van der Waals surface area contributed by atoms with Crippen LogP contribution >= 0.6 is 11.8 Å². The number of benzene rings is 2. The smallest absolute Gasteiger partial charge is 0.267 e. The molecule has 0 saturated carbocycles. The number of carbonyl (C=O) groups excluding carboxylic acids is 1. The summed E-state index contributed by atoms with van der Waals surface area (Å²) >= 11 is 1.66. The minimum absolute atomic E-state index is 0.362. The largest absolute Gasteiger partial charge is 0.271 e. The van der Waals surface area contributed by atoms with Crippen molar-refractivity contribution in [2.75, 3.05) is 6.26 Å². The maximum Gasteiger partial charge on any atom is 0.271 e. The molecule has 1 N–H and O–H groups in total. The molecule has 0 unspecified atom stereocenters. The number of halogens is 1. The molecule has 0 aliphatic heterocycles.